The van der Waals surface area contributed by atoms with Crippen molar-refractivity contribution in [3.63, 3.8) is 0 Å². The Morgan fingerprint density at radius 2 is 2.12 bits per heavy atom. The first-order valence-corrected chi connectivity index (χ1v) is 6.20. The topological polar surface area (TPSA) is 45.6 Å². The average molecular weight is 236 g/mol. The van der Waals surface area contributed by atoms with Crippen molar-refractivity contribution < 1.29 is 9.84 Å². The number of morpholine rings is 1. The molecule has 4 nitrogen and oxygen atoms in total. The van der Waals surface area contributed by atoms with E-state index in [0.29, 0.717) is 0 Å². The van der Waals surface area contributed by atoms with Crippen LogP contribution < -0.4 is 4.90 Å². The zero-order chi connectivity index (χ0) is 12.3. The van der Waals surface area contributed by atoms with E-state index >= 15 is 0 Å². The Bertz CT molecular complexity index is 376. The minimum atomic E-state index is -0.402. The number of nitrogens with zero attached hydrogens (tertiary/aromatic N) is 2. The van der Waals surface area contributed by atoms with Crippen LogP contribution in [0.15, 0.2) is 12.1 Å². The number of hydrogen-bond acceptors (Lipinski definition) is 4. The normalized spacial score (nSPS) is 18.2. The number of ether oxygens (including phenoxy) is 1. The number of aliphatic hydroxyl groups excluding tert-OH is 1. The molecule has 0 spiro atoms. The maximum absolute atomic E-state index is 9.84. The van der Waals surface area contributed by atoms with Crippen molar-refractivity contribution in [2.45, 2.75) is 26.4 Å². The molecule has 94 valence electrons. The molecule has 2 heterocycles. The predicted molar refractivity (Wildman–Crippen MR) is 67.3 cm³/mol. The van der Waals surface area contributed by atoms with Gasteiger partial charge in [0.15, 0.2) is 0 Å². The van der Waals surface area contributed by atoms with Crippen LogP contribution >= 0.6 is 0 Å². The van der Waals surface area contributed by atoms with Crippen LogP contribution in [0.1, 0.15) is 30.7 Å². The van der Waals surface area contributed by atoms with Gasteiger partial charge >= 0.3 is 0 Å². The third-order valence-electron chi connectivity index (χ3n) is 3.19. The van der Waals surface area contributed by atoms with Gasteiger partial charge in [0, 0.05) is 24.3 Å². The maximum atomic E-state index is 9.84. The molecule has 0 radical (unpaired) electrons. The van der Waals surface area contributed by atoms with Crippen LogP contribution in [0.3, 0.4) is 0 Å². The summed E-state index contributed by atoms with van der Waals surface area (Å²) in [5.74, 6) is 0.984. The zero-order valence-electron chi connectivity index (χ0n) is 10.5. The Morgan fingerprint density at radius 3 is 2.71 bits per heavy atom. The number of hydrogen-bond donors (Lipinski definition) is 1. The number of aromatic nitrogens is 1. The van der Waals surface area contributed by atoms with E-state index in [9.17, 15) is 5.11 Å². The van der Waals surface area contributed by atoms with Gasteiger partial charge in [-0.25, -0.2) is 4.98 Å². The second kappa shape index (κ2) is 5.47. The van der Waals surface area contributed by atoms with Crippen molar-refractivity contribution in [3.8, 4) is 0 Å². The molecular weight excluding hydrogens is 216 g/mol. The molecule has 1 aromatic heterocycles. The number of pyridine rings is 1. The van der Waals surface area contributed by atoms with Gasteiger partial charge in [-0.3, -0.25) is 0 Å². The van der Waals surface area contributed by atoms with Crippen molar-refractivity contribution in [2.75, 3.05) is 31.2 Å². The molecule has 1 fully saturated rings. The second-order valence-electron chi connectivity index (χ2n) is 4.37. The van der Waals surface area contributed by atoms with Crippen LogP contribution in [-0.2, 0) is 4.74 Å². The van der Waals surface area contributed by atoms with Gasteiger partial charge in [0.05, 0.1) is 19.3 Å². The molecular formula is C13H20N2O2. The Balaban J connectivity index is 2.17. The lowest BCUT2D eigenvalue weighted by Crippen LogP contribution is -2.36. The molecule has 1 aliphatic rings. The van der Waals surface area contributed by atoms with E-state index < -0.39 is 6.10 Å². The van der Waals surface area contributed by atoms with Crippen LogP contribution in [0.2, 0.25) is 0 Å². The number of aryl methyl sites for hydroxylation is 1. The summed E-state index contributed by atoms with van der Waals surface area (Å²) in [6.45, 7) is 7.24. The minimum absolute atomic E-state index is 0.402. The summed E-state index contributed by atoms with van der Waals surface area (Å²) in [5, 5.41) is 9.84. The molecule has 1 aliphatic heterocycles. The molecule has 0 bridgehead atoms. The molecule has 0 aromatic carbocycles. The zero-order valence-corrected chi connectivity index (χ0v) is 10.5. The van der Waals surface area contributed by atoms with Gasteiger partial charge in [0.1, 0.15) is 5.82 Å². The molecule has 1 saturated heterocycles. The summed E-state index contributed by atoms with van der Waals surface area (Å²) < 4.78 is 5.32. The lowest BCUT2D eigenvalue weighted by Gasteiger charge is -2.28. The SMILES string of the molecule is CC[C@@H](O)c1ccc(N2CCOCC2)nc1C. The second-order valence-corrected chi connectivity index (χ2v) is 4.37. The van der Waals surface area contributed by atoms with E-state index in [1.165, 1.54) is 0 Å². The van der Waals surface area contributed by atoms with Crippen molar-refractivity contribution in [3.05, 3.63) is 23.4 Å². The third kappa shape index (κ3) is 2.76. The van der Waals surface area contributed by atoms with Gasteiger partial charge in [-0.1, -0.05) is 13.0 Å². The Labute approximate surface area is 102 Å². The standard InChI is InChI=1S/C13H20N2O2/c1-3-12(16)11-4-5-13(14-10(11)2)15-6-8-17-9-7-15/h4-5,12,16H,3,6-9H2,1-2H3/t12-/m1/s1. The fourth-order valence-corrected chi connectivity index (χ4v) is 2.10. The molecule has 1 aromatic rings. The van der Waals surface area contributed by atoms with Gasteiger partial charge in [-0.05, 0) is 19.4 Å². The first kappa shape index (κ1) is 12.3. The number of rotatable bonds is 3. The van der Waals surface area contributed by atoms with Crippen molar-refractivity contribution in [2.24, 2.45) is 0 Å². The van der Waals surface area contributed by atoms with Crippen LogP contribution in [0.25, 0.3) is 0 Å². The number of anilines is 1. The lowest BCUT2D eigenvalue weighted by atomic mass is 10.1. The summed E-state index contributed by atoms with van der Waals surface area (Å²) >= 11 is 0. The van der Waals surface area contributed by atoms with E-state index in [1.54, 1.807) is 0 Å². The molecule has 1 N–H and O–H groups in total. The van der Waals surface area contributed by atoms with Gasteiger partial charge in [0.2, 0.25) is 0 Å². The van der Waals surface area contributed by atoms with Gasteiger partial charge in [0.25, 0.3) is 0 Å². The highest BCUT2D eigenvalue weighted by molar-refractivity contribution is 5.42. The molecule has 2 rings (SSSR count). The summed E-state index contributed by atoms with van der Waals surface area (Å²) in [4.78, 5) is 6.80. The molecule has 0 unspecified atom stereocenters. The van der Waals surface area contributed by atoms with Gasteiger partial charge in [-0.15, -0.1) is 0 Å². The monoisotopic (exact) mass is 236 g/mol. The van der Waals surface area contributed by atoms with E-state index in [1.807, 2.05) is 26.0 Å². The molecule has 4 heteroatoms. The maximum Gasteiger partial charge on any atom is 0.128 e. The quantitative estimate of drug-likeness (QED) is 0.867. The largest absolute Gasteiger partial charge is 0.388 e. The average Bonchev–Trinajstić information content (AvgIpc) is 2.39. The van der Waals surface area contributed by atoms with Gasteiger partial charge < -0.3 is 14.7 Å². The van der Waals surface area contributed by atoms with Crippen molar-refractivity contribution >= 4 is 5.82 Å². The number of aliphatic hydroxyl groups is 1. The summed E-state index contributed by atoms with van der Waals surface area (Å²) in [5.41, 5.74) is 1.85. The summed E-state index contributed by atoms with van der Waals surface area (Å²) in [6.07, 6.45) is 0.320. The van der Waals surface area contributed by atoms with Crippen LogP contribution in [0.5, 0.6) is 0 Å². The summed E-state index contributed by atoms with van der Waals surface area (Å²) in [6, 6.07) is 3.98. The first-order valence-electron chi connectivity index (χ1n) is 6.20. The summed E-state index contributed by atoms with van der Waals surface area (Å²) in [7, 11) is 0. The van der Waals surface area contributed by atoms with Crippen LogP contribution in [-0.4, -0.2) is 36.4 Å². The Morgan fingerprint density at radius 1 is 1.41 bits per heavy atom. The van der Waals surface area contributed by atoms with Crippen LogP contribution in [0.4, 0.5) is 5.82 Å². The van der Waals surface area contributed by atoms with Crippen molar-refractivity contribution in [1.29, 1.82) is 0 Å². The molecule has 0 amide bonds. The highest BCUT2D eigenvalue weighted by Gasteiger charge is 2.15. The van der Waals surface area contributed by atoms with E-state index in [4.69, 9.17) is 4.74 Å². The van der Waals surface area contributed by atoms with Crippen molar-refractivity contribution in [1.82, 2.24) is 4.98 Å². The van der Waals surface area contributed by atoms with E-state index in [0.717, 1.165) is 49.8 Å². The smallest absolute Gasteiger partial charge is 0.128 e. The molecule has 1 atom stereocenters. The fraction of sp³-hybridized carbons (Fsp3) is 0.615. The fourth-order valence-electron chi connectivity index (χ4n) is 2.10. The third-order valence-corrected chi connectivity index (χ3v) is 3.19. The first-order chi connectivity index (χ1) is 8.22. The molecule has 0 aliphatic carbocycles. The Hall–Kier alpha value is -1.13. The minimum Gasteiger partial charge on any atom is -0.388 e. The Kier molecular flexibility index (Phi) is 3.97. The lowest BCUT2D eigenvalue weighted by molar-refractivity contribution is 0.122. The van der Waals surface area contributed by atoms with Gasteiger partial charge in [-0.2, -0.15) is 0 Å². The molecule has 17 heavy (non-hydrogen) atoms. The van der Waals surface area contributed by atoms with Crippen LogP contribution in [0, 0.1) is 6.92 Å². The van der Waals surface area contributed by atoms with E-state index in [2.05, 4.69) is 9.88 Å². The van der Waals surface area contributed by atoms with E-state index in [-0.39, 0.29) is 0 Å². The molecule has 0 saturated carbocycles. The highest BCUT2D eigenvalue weighted by Crippen LogP contribution is 2.22. The predicted octanol–water partition coefficient (Wildman–Crippen LogP) is 1.67. The highest BCUT2D eigenvalue weighted by atomic mass is 16.5.